The molecule has 3 aromatic rings. The Morgan fingerprint density at radius 3 is 2.83 bits per heavy atom. The number of benzene rings is 1. The maximum atomic E-state index is 11.3. The molecule has 1 unspecified atom stereocenters. The smallest absolute Gasteiger partial charge is 0.237 e. The summed E-state index contributed by atoms with van der Waals surface area (Å²) in [7, 11) is 0. The highest BCUT2D eigenvalue weighted by molar-refractivity contribution is 9.09. The Hall–Kier alpha value is -1.99. The number of thiazole rings is 1. The van der Waals surface area contributed by atoms with Gasteiger partial charge in [0.1, 0.15) is 0 Å². The van der Waals surface area contributed by atoms with Crippen molar-refractivity contribution in [3.63, 3.8) is 0 Å². The lowest BCUT2D eigenvalue weighted by atomic mass is 9.96. The fraction of sp³-hybridized carbons (Fsp3) is 0.188. The number of amides is 1. The molecule has 1 N–H and O–H groups in total. The standard InChI is InChI=1S/C16H14BrN3O2S/c1-10(13-6-16(22-20-13)19-15(21)7-17)11-2-4-12(5-3-11)14-8-23-9-18-14/h2-6,8-10H,7H2,1H3,(H,19,21). The summed E-state index contributed by atoms with van der Waals surface area (Å²) in [5, 5.41) is 8.90. The summed E-state index contributed by atoms with van der Waals surface area (Å²) >= 11 is 4.67. The molecule has 3 rings (SSSR count). The zero-order valence-electron chi connectivity index (χ0n) is 12.3. The van der Waals surface area contributed by atoms with Crippen LogP contribution in [-0.4, -0.2) is 21.4 Å². The van der Waals surface area contributed by atoms with E-state index < -0.39 is 0 Å². The van der Waals surface area contributed by atoms with E-state index in [9.17, 15) is 4.79 Å². The van der Waals surface area contributed by atoms with Crippen molar-refractivity contribution >= 4 is 39.1 Å². The number of alkyl halides is 1. The van der Waals surface area contributed by atoms with Crippen LogP contribution in [0.4, 0.5) is 5.88 Å². The minimum absolute atomic E-state index is 0.0675. The third kappa shape index (κ3) is 3.68. The molecule has 0 radical (unpaired) electrons. The van der Waals surface area contributed by atoms with Gasteiger partial charge in [-0.05, 0) is 5.56 Å². The van der Waals surface area contributed by atoms with Crippen LogP contribution in [0.5, 0.6) is 0 Å². The molecule has 0 spiro atoms. The van der Waals surface area contributed by atoms with Gasteiger partial charge in [0.25, 0.3) is 0 Å². The molecule has 5 nitrogen and oxygen atoms in total. The van der Waals surface area contributed by atoms with Crippen LogP contribution in [0.25, 0.3) is 11.3 Å². The number of rotatable bonds is 5. The van der Waals surface area contributed by atoms with Crippen LogP contribution in [0.15, 0.2) is 45.7 Å². The Kier molecular flexibility index (Phi) is 4.88. The number of hydrogen-bond donors (Lipinski definition) is 1. The summed E-state index contributed by atoms with van der Waals surface area (Å²) in [4.78, 5) is 15.6. The van der Waals surface area contributed by atoms with Gasteiger partial charge in [0.2, 0.25) is 11.8 Å². The van der Waals surface area contributed by atoms with Crippen LogP contribution in [0.2, 0.25) is 0 Å². The first-order valence-electron chi connectivity index (χ1n) is 6.98. The highest BCUT2D eigenvalue weighted by atomic mass is 79.9. The van der Waals surface area contributed by atoms with Crippen LogP contribution in [0.1, 0.15) is 24.1 Å². The molecule has 118 valence electrons. The van der Waals surface area contributed by atoms with E-state index in [1.54, 1.807) is 17.4 Å². The van der Waals surface area contributed by atoms with Gasteiger partial charge in [0.05, 0.1) is 22.2 Å². The molecular weight excluding hydrogens is 378 g/mol. The SMILES string of the molecule is CC(c1ccc(-c2cscn2)cc1)c1cc(NC(=O)CBr)on1. The normalized spacial score (nSPS) is 12.1. The molecule has 0 aliphatic heterocycles. The van der Waals surface area contributed by atoms with Crippen LogP contribution in [0.3, 0.4) is 0 Å². The van der Waals surface area contributed by atoms with Crippen LogP contribution in [0, 0.1) is 0 Å². The molecule has 2 aromatic heterocycles. The average molecular weight is 392 g/mol. The summed E-state index contributed by atoms with van der Waals surface area (Å²) < 4.78 is 5.15. The molecule has 0 aliphatic carbocycles. The Morgan fingerprint density at radius 2 is 2.17 bits per heavy atom. The molecule has 0 saturated carbocycles. The van der Waals surface area contributed by atoms with Gasteiger partial charge in [-0.25, -0.2) is 4.98 Å². The van der Waals surface area contributed by atoms with E-state index in [0.717, 1.165) is 22.5 Å². The second kappa shape index (κ2) is 7.06. The zero-order chi connectivity index (χ0) is 16.2. The lowest BCUT2D eigenvalue weighted by Gasteiger charge is -2.08. The van der Waals surface area contributed by atoms with Crippen molar-refractivity contribution in [1.82, 2.24) is 10.1 Å². The first kappa shape index (κ1) is 15.9. The minimum atomic E-state index is -0.173. The quantitative estimate of drug-likeness (QED) is 0.658. The van der Waals surface area contributed by atoms with Crippen molar-refractivity contribution in [3.8, 4) is 11.3 Å². The lowest BCUT2D eigenvalue weighted by molar-refractivity contribution is -0.113. The van der Waals surface area contributed by atoms with Gasteiger partial charge >= 0.3 is 0 Å². The summed E-state index contributed by atoms with van der Waals surface area (Å²) in [6.07, 6.45) is 0. The van der Waals surface area contributed by atoms with E-state index >= 15 is 0 Å². The molecule has 1 aromatic carbocycles. The maximum absolute atomic E-state index is 11.3. The highest BCUT2D eigenvalue weighted by Crippen LogP contribution is 2.27. The molecule has 0 aliphatic rings. The van der Waals surface area contributed by atoms with Crippen molar-refractivity contribution in [2.45, 2.75) is 12.8 Å². The Bertz CT molecular complexity index is 784. The molecule has 0 fully saturated rings. The van der Waals surface area contributed by atoms with E-state index in [2.05, 4.69) is 55.7 Å². The summed E-state index contributed by atoms with van der Waals surface area (Å²) in [5.74, 6) is 0.251. The van der Waals surface area contributed by atoms with Crippen LogP contribution in [-0.2, 0) is 4.79 Å². The number of nitrogens with zero attached hydrogens (tertiary/aromatic N) is 2. The summed E-state index contributed by atoms with van der Waals surface area (Å²) in [5.41, 5.74) is 5.79. The average Bonchev–Trinajstić information content (AvgIpc) is 3.26. The Balaban J connectivity index is 1.75. The van der Waals surface area contributed by atoms with Crippen molar-refractivity contribution in [3.05, 3.63) is 52.5 Å². The van der Waals surface area contributed by atoms with E-state index in [1.807, 2.05) is 17.8 Å². The number of carbonyl (C=O) groups excluding carboxylic acids is 1. The van der Waals surface area contributed by atoms with Crippen molar-refractivity contribution < 1.29 is 9.32 Å². The third-order valence-corrected chi connectivity index (χ3v) is 4.59. The van der Waals surface area contributed by atoms with Gasteiger partial charge in [0, 0.05) is 22.9 Å². The van der Waals surface area contributed by atoms with Gasteiger partial charge in [-0.1, -0.05) is 52.3 Å². The topological polar surface area (TPSA) is 68.0 Å². The molecule has 2 heterocycles. The minimum Gasteiger partial charge on any atom is -0.338 e. The highest BCUT2D eigenvalue weighted by Gasteiger charge is 2.15. The van der Waals surface area contributed by atoms with Gasteiger partial charge < -0.3 is 4.52 Å². The largest absolute Gasteiger partial charge is 0.338 e. The maximum Gasteiger partial charge on any atom is 0.237 e. The van der Waals surface area contributed by atoms with E-state index in [-0.39, 0.29) is 17.2 Å². The Labute approximate surface area is 145 Å². The predicted molar refractivity (Wildman–Crippen MR) is 94.0 cm³/mol. The fourth-order valence-electron chi connectivity index (χ4n) is 2.19. The molecule has 0 bridgehead atoms. The molecular formula is C16H14BrN3O2S. The molecule has 1 atom stereocenters. The summed E-state index contributed by atoms with van der Waals surface area (Å²) in [6.45, 7) is 2.05. The monoisotopic (exact) mass is 391 g/mol. The van der Waals surface area contributed by atoms with E-state index in [4.69, 9.17) is 4.52 Å². The number of aromatic nitrogens is 2. The number of halogens is 1. The number of carbonyl (C=O) groups is 1. The second-order valence-electron chi connectivity index (χ2n) is 5.02. The first-order valence-corrected chi connectivity index (χ1v) is 9.04. The first-order chi connectivity index (χ1) is 11.2. The van der Waals surface area contributed by atoms with Crippen LogP contribution >= 0.6 is 27.3 Å². The predicted octanol–water partition coefficient (Wildman–Crippen LogP) is 4.28. The van der Waals surface area contributed by atoms with Gasteiger partial charge in [-0.3, -0.25) is 10.1 Å². The number of nitrogens with one attached hydrogen (secondary N) is 1. The molecule has 7 heteroatoms. The van der Waals surface area contributed by atoms with Gasteiger partial charge in [0.15, 0.2) is 0 Å². The second-order valence-corrected chi connectivity index (χ2v) is 6.29. The lowest BCUT2D eigenvalue weighted by Crippen LogP contribution is -2.11. The van der Waals surface area contributed by atoms with E-state index in [0.29, 0.717) is 5.88 Å². The molecule has 1 amide bonds. The Morgan fingerprint density at radius 1 is 1.39 bits per heavy atom. The van der Waals surface area contributed by atoms with E-state index in [1.165, 1.54) is 0 Å². The van der Waals surface area contributed by atoms with Gasteiger partial charge in [-0.15, -0.1) is 11.3 Å². The van der Waals surface area contributed by atoms with Crippen molar-refractivity contribution in [1.29, 1.82) is 0 Å². The summed E-state index contributed by atoms with van der Waals surface area (Å²) in [6, 6.07) is 9.97. The molecule has 23 heavy (non-hydrogen) atoms. The number of hydrogen-bond acceptors (Lipinski definition) is 5. The van der Waals surface area contributed by atoms with Gasteiger partial charge in [-0.2, -0.15) is 0 Å². The number of anilines is 1. The van der Waals surface area contributed by atoms with Crippen molar-refractivity contribution in [2.75, 3.05) is 10.6 Å². The zero-order valence-corrected chi connectivity index (χ0v) is 14.7. The van der Waals surface area contributed by atoms with Crippen molar-refractivity contribution in [2.24, 2.45) is 0 Å². The van der Waals surface area contributed by atoms with Crippen LogP contribution < -0.4 is 5.32 Å². The third-order valence-electron chi connectivity index (χ3n) is 3.49. The molecule has 0 saturated heterocycles. The fourth-order valence-corrected chi connectivity index (χ4v) is 2.89.